The van der Waals surface area contributed by atoms with E-state index < -0.39 is 0 Å². The molecule has 1 fully saturated rings. The zero-order chi connectivity index (χ0) is 9.80. The molecule has 0 radical (unpaired) electrons. The third kappa shape index (κ3) is 1.96. The minimum Gasteiger partial charge on any atom is -0.376 e. The largest absolute Gasteiger partial charge is 0.376 e. The van der Waals surface area contributed by atoms with Gasteiger partial charge in [0.15, 0.2) is 0 Å². The predicted octanol–water partition coefficient (Wildman–Crippen LogP) is 1.16. The van der Waals surface area contributed by atoms with Crippen LogP contribution in [-0.2, 0) is 4.74 Å². The molecule has 1 aliphatic rings. The Kier molecular flexibility index (Phi) is 3.16. The molecule has 78 valence electrons. The Morgan fingerprint density at radius 1 is 1.71 bits per heavy atom. The quantitative estimate of drug-likeness (QED) is 0.788. The first-order valence-corrected chi connectivity index (χ1v) is 5.14. The summed E-state index contributed by atoms with van der Waals surface area (Å²) in [6.07, 6.45) is 2.97. The van der Waals surface area contributed by atoms with E-state index in [1.165, 1.54) is 0 Å². The molecule has 2 atom stereocenters. The molecule has 2 unspecified atom stereocenters. The Morgan fingerprint density at radius 3 is 3.36 bits per heavy atom. The smallest absolute Gasteiger partial charge is 0.142 e. The molecule has 0 amide bonds. The number of piperidine rings is 1. The van der Waals surface area contributed by atoms with Crippen molar-refractivity contribution < 1.29 is 9.26 Å². The molecule has 0 aromatic carbocycles. The molecule has 14 heavy (non-hydrogen) atoms. The zero-order valence-electron chi connectivity index (χ0n) is 8.40. The van der Waals surface area contributed by atoms with Crippen molar-refractivity contribution in [3.8, 4) is 0 Å². The van der Waals surface area contributed by atoms with Gasteiger partial charge >= 0.3 is 0 Å². The average Bonchev–Trinajstić information content (AvgIpc) is 2.72. The number of hydrogen-bond donors (Lipinski definition) is 1. The summed E-state index contributed by atoms with van der Waals surface area (Å²) in [5.41, 5.74) is 0. The van der Waals surface area contributed by atoms with Gasteiger partial charge < -0.3 is 14.6 Å². The molecule has 2 heterocycles. The van der Waals surface area contributed by atoms with Crippen molar-refractivity contribution in [2.24, 2.45) is 0 Å². The van der Waals surface area contributed by atoms with E-state index in [9.17, 15) is 0 Å². The lowest BCUT2D eigenvalue weighted by Crippen LogP contribution is -2.40. The maximum absolute atomic E-state index is 5.67. The molecule has 2 rings (SSSR count). The van der Waals surface area contributed by atoms with E-state index in [0.29, 0.717) is 5.92 Å². The molecule has 1 aromatic rings. The van der Waals surface area contributed by atoms with E-state index in [2.05, 4.69) is 10.5 Å². The first-order chi connectivity index (χ1) is 6.92. The molecule has 0 spiro atoms. The van der Waals surface area contributed by atoms with Crippen LogP contribution in [0.15, 0.2) is 16.8 Å². The minimum atomic E-state index is 0.224. The summed E-state index contributed by atoms with van der Waals surface area (Å²) in [5, 5.41) is 7.07. The van der Waals surface area contributed by atoms with E-state index in [1.54, 1.807) is 6.20 Å². The average molecular weight is 196 g/mol. The standard InChI is InChI=1S/C10H16N2O2/c1-2-13-10-7-11-5-3-8(10)9-4-6-12-14-9/h4,6,8,10-11H,2-3,5,7H2,1H3. The van der Waals surface area contributed by atoms with E-state index in [0.717, 1.165) is 31.9 Å². The topological polar surface area (TPSA) is 47.3 Å². The number of rotatable bonds is 3. The molecular weight excluding hydrogens is 180 g/mol. The lowest BCUT2D eigenvalue weighted by atomic mass is 9.92. The van der Waals surface area contributed by atoms with E-state index in [4.69, 9.17) is 9.26 Å². The molecule has 0 saturated carbocycles. The molecule has 1 aliphatic heterocycles. The van der Waals surface area contributed by atoms with Crippen molar-refractivity contribution in [2.75, 3.05) is 19.7 Å². The van der Waals surface area contributed by atoms with Gasteiger partial charge in [0.25, 0.3) is 0 Å². The summed E-state index contributed by atoms with van der Waals surface area (Å²) in [4.78, 5) is 0. The van der Waals surface area contributed by atoms with Gasteiger partial charge in [0.05, 0.1) is 12.3 Å². The van der Waals surface area contributed by atoms with Gasteiger partial charge in [-0.25, -0.2) is 0 Å². The van der Waals surface area contributed by atoms with Crippen LogP contribution >= 0.6 is 0 Å². The number of nitrogens with zero attached hydrogens (tertiary/aromatic N) is 1. The van der Waals surface area contributed by atoms with Crippen molar-refractivity contribution in [3.63, 3.8) is 0 Å². The zero-order valence-corrected chi connectivity index (χ0v) is 8.40. The Labute approximate surface area is 83.6 Å². The Morgan fingerprint density at radius 2 is 2.64 bits per heavy atom. The molecule has 4 nitrogen and oxygen atoms in total. The minimum absolute atomic E-state index is 0.224. The van der Waals surface area contributed by atoms with Crippen molar-refractivity contribution in [3.05, 3.63) is 18.0 Å². The number of hydrogen-bond acceptors (Lipinski definition) is 4. The predicted molar refractivity (Wildman–Crippen MR) is 52.1 cm³/mol. The normalized spacial score (nSPS) is 27.8. The van der Waals surface area contributed by atoms with E-state index >= 15 is 0 Å². The summed E-state index contributed by atoms with van der Waals surface area (Å²) >= 11 is 0. The molecule has 1 aromatic heterocycles. The highest BCUT2D eigenvalue weighted by molar-refractivity contribution is 5.06. The summed E-state index contributed by atoms with van der Waals surface area (Å²) in [5.74, 6) is 1.31. The third-order valence-corrected chi connectivity index (χ3v) is 2.63. The maximum atomic E-state index is 5.67. The molecule has 0 bridgehead atoms. The first-order valence-electron chi connectivity index (χ1n) is 5.14. The molecular formula is C10H16N2O2. The monoisotopic (exact) mass is 196 g/mol. The van der Waals surface area contributed by atoms with E-state index in [-0.39, 0.29) is 6.10 Å². The van der Waals surface area contributed by atoms with Gasteiger partial charge in [-0.3, -0.25) is 0 Å². The fourth-order valence-corrected chi connectivity index (χ4v) is 1.96. The van der Waals surface area contributed by atoms with Crippen LogP contribution in [0.1, 0.15) is 25.0 Å². The number of ether oxygens (including phenoxy) is 1. The number of aromatic nitrogens is 1. The van der Waals surface area contributed by atoms with Crippen molar-refractivity contribution in [1.29, 1.82) is 0 Å². The van der Waals surface area contributed by atoms with Crippen LogP contribution in [0, 0.1) is 0 Å². The van der Waals surface area contributed by atoms with Gasteiger partial charge in [-0.1, -0.05) is 5.16 Å². The molecule has 1 N–H and O–H groups in total. The summed E-state index contributed by atoms with van der Waals surface area (Å²) in [7, 11) is 0. The second kappa shape index (κ2) is 4.57. The molecule has 0 aliphatic carbocycles. The SMILES string of the molecule is CCOC1CNCCC1c1ccno1. The van der Waals surface area contributed by atoms with E-state index in [1.807, 2.05) is 13.0 Å². The van der Waals surface area contributed by atoms with Crippen LogP contribution in [0.4, 0.5) is 0 Å². The van der Waals surface area contributed by atoms with Gasteiger partial charge in [0, 0.05) is 25.1 Å². The summed E-state index contributed by atoms with van der Waals surface area (Å²) < 4.78 is 10.9. The van der Waals surface area contributed by atoms with Crippen molar-refractivity contribution in [1.82, 2.24) is 10.5 Å². The lowest BCUT2D eigenvalue weighted by Gasteiger charge is -2.29. The Hall–Kier alpha value is -0.870. The highest BCUT2D eigenvalue weighted by atomic mass is 16.5. The molecule has 1 saturated heterocycles. The van der Waals surface area contributed by atoms with Crippen molar-refractivity contribution in [2.45, 2.75) is 25.4 Å². The first kappa shape index (κ1) is 9.68. The highest BCUT2D eigenvalue weighted by Gasteiger charge is 2.29. The lowest BCUT2D eigenvalue weighted by molar-refractivity contribution is 0.0230. The highest BCUT2D eigenvalue weighted by Crippen LogP contribution is 2.27. The van der Waals surface area contributed by atoms with Crippen LogP contribution in [0.5, 0.6) is 0 Å². The van der Waals surface area contributed by atoms with Gasteiger partial charge in [-0.15, -0.1) is 0 Å². The number of nitrogens with one attached hydrogen (secondary N) is 1. The van der Waals surface area contributed by atoms with Gasteiger partial charge in [0.2, 0.25) is 0 Å². The second-order valence-corrected chi connectivity index (χ2v) is 3.51. The second-order valence-electron chi connectivity index (χ2n) is 3.51. The van der Waals surface area contributed by atoms with Crippen LogP contribution in [-0.4, -0.2) is 31.0 Å². The van der Waals surface area contributed by atoms with Gasteiger partial charge in [-0.05, 0) is 19.9 Å². The summed E-state index contributed by atoms with van der Waals surface area (Å²) in [6, 6.07) is 1.93. The van der Waals surface area contributed by atoms with Gasteiger partial charge in [0.1, 0.15) is 5.76 Å². The van der Waals surface area contributed by atoms with Crippen molar-refractivity contribution >= 4 is 0 Å². The van der Waals surface area contributed by atoms with Crippen LogP contribution in [0.2, 0.25) is 0 Å². The van der Waals surface area contributed by atoms with Crippen LogP contribution in [0.25, 0.3) is 0 Å². The van der Waals surface area contributed by atoms with Crippen LogP contribution in [0.3, 0.4) is 0 Å². The molecule has 4 heteroatoms. The Balaban J connectivity index is 2.06. The third-order valence-electron chi connectivity index (χ3n) is 2.63. The fourth-order valence-electron chi connectivity index (χ4n) is 1.96. The van der Waals surface area contributed by atoms with Crippen LogP contribution < -0.4 is 5.32 Å². The Bertz CT molecular complexity index is 259. The van der Waals surface area contributed by atoms with Gasteiger partial charge in [-0.2, -0.15) is 0 Å². The maximum Gasteiger partial charge on any atom is 0.142 e. The summed E-state index contributed by atoms with van der Waals surface area (Å²) in [6.45, 7) is 4.69. The fraction of sp³-hybridized carbons (Fsp3) is 0.700.